The van der Waals surface area contributed by atoms with Crippen molar-refractivity contribution in [2.24, 2.45) is 0 Å². The van der Waals surface area contributed by atoms with E-state index in [4.69, 9.17) is 14.1 Å². The van der Waals surface area contributed by atoms with Crippen LogP contribution in [0, 0.1) is 0 Å². The predicted molar refractivity (Wildman–Crippen MR) is 131 cm³/mol. The van der Waals surface area contributed by atoms with Gasteiger partial charge in [0.05, 0.1) is 41.5 Å². The van der Waals surface area contributed by atoms with E-state index in [0.717, 1.165) is 59.6 Å². The number of morpholine rings is 1. The van der Waals surface area contributed by atoms with Gasteiger partial charge in [0.2, 0.25) is 0 Å². The maximum atomic E-state index is 13.3. The molecule has 3 N–H and O–H groups in total. The molecule has 0 aliphatic carbocycles. The third-order valence-corrected chi connectivity index (χ3v) is 6.26. The summed E-state index contributed by atoms with van der Waals surface area (Å²) in [5.41, 5.74) is 5.21. The van der Waals surface area contributed by atoms with Crippen LogP contribution in [0.3, 0.4) is 0 Å². The Hall–Kier alpha value is -4.11. The molecule has 5 aromatic rings. The molecule has 9 nitrogen and oxygen atoms in total. The van der Waals surface area contributed by atoms with Gasteiger partial charge in [-0.1, -0.05) is 18.2 Å². The lowest BCUT2D eigenvalue weighted by molar-refractivity contribution is 0.122. The number of pyridine rings is 1. The Labute approximate surface area is 194 Å². The maximum Gasteiger partial charge on any atom is 0.261 e. The van der Waals surface area contributed by atoms with E-state index in [1.54, 1.807) is 6.26 Å². The number of H-pyrrole nitrogens is 2. The first-order valence-corrected chi connectivity index (χ1v) is 11.3. The van der Waals surface area contributed by atoms with Gasteiger partial charge in [0.25, 0.3) is 5.56 Å². The lowest BCUT2D eigenvalue weighted by Gasteiger charge is -2.28. The van der Waals surface area contributed by atoms with Crippen LogP contribution in [-0.2, 0) is 4.74 Å². The topological polar surface area (TPSA) is 112 Å². The number of hydrogen-bond acceptors (Lipinski definition) is 7. The molecule has 0 spiro atoms. The number of imidazole rings is 1. The molecule has 0 radical (unpaired) electrons. The van der Waals surface area contributed by atoms with Crippen LogP contribution in [0.2, 0.25) is 0 Å². The Morgan fingerprint density at radius 3 is 2.76 bits per heavy atom. The highest BCUT2D eigenvalue weighted by atomic mass is 16.5. The second-order valence-corrected chi connectivity index (χ2v) is 8.42. The van der Waals surface area contributed by atoms with E-state index < -0.39 is 0 Å². The van der Waals surface area contributed by atoms with Crippen LogP contribution < -0.4 is 15.8 Å². The Morgan fingerprint density at radius 2 is 1.94 bits per heavy atom. The lowest BCUT2D eigenvalue weighted by Crippen LogP contribution is -2.36. The molecular weight excluding hydrogens is 432 g/mol. The summed E-state index contributed by atoms with van der Waals surface area (Å²) in [6, 6.07) is 13.7. The average molecular weight is 457 g/mol. The molecule has 4 heterocycles. The van der Waals surface area contributed by atoms with Crippen LogP contribution in [0.1, 0.15) is 18.7 Å². The average Bonchev–Trinajstić information content (AvgIpc) is 3.54. The molecule has 0 amide bonds. The number of benzene rings is 2. The molecule has 1 atom stereocenters. The van der Waals surface area contributed by atoms with Gasteiger partial charge in [0.15, 0.2) is 6.39 Å². The molecule has 34 heavy (non-hydrogen) atoms. The van der Waals surface area contributed by atoms with Crippen LogP contribution in [0.5, 0.6) is 0 Å². The molecular formula is C25H24N6O3. The Morgan fingerprint density at radius 1 is 1.09 bits per heavy atom. The van der Waals surface area contributed by atoms with Gasteiger partial charge in [-0.25, -0.2) is 9.97 Å². The van der Waals surface area contributed by atoms with Crippen molar-refractivity contribution in [2.75, 3.05) is 36.5 Å². The SMILES string of the molecule is CC(Nc1c(-c2nc3ccc(N4CCOCC4)cc3[nH]2)c(=O)[nH]c2ccccc12)c1cocn1. The number of nitrogens with zero attached hydrogens (tertiary/aromatic N) is 3. The van der Waals surface area contributed by atoms with Crippen molar-refractivity contribution in [3.63, 3.8) is 0 Å². The van der Waals surface area contributed by atoms with Gasteiger partial charge >= 0.3 is 0 Å². The second kappa shape index (κ2) is 8.35. The van der Waals surface area contributed by atoms with Gasteiger partial charge in [-0.05, 0) is 31.2 Å². The second-order valence-electron chi connectivity index (χ2n) is 8.42. The number of aromatic amines is 2. The van der Waals surface area contributed by atoms with E-state index >= 15 is 0 Å². The largest absolute Gasteiger partial charge is 0.451 e. The molecule has 3 aromatic heterocycles. The van der Waals surface area contributed by atoms with Crippen LogP contribution in [0.15, 0.2) is 64.3 Å². The minimum absolute atomic E-state index is 0.181. The molecule has 2 aromatic carbocycles. The first kappa shape index (κ1) is 20.5. The Balaban J connectivity index is 1.48. The number of aromatic nitrogens is 4. The molecule has 1 aliphatic rings. The zero-order valence-corrected chi connectivity index (χ0v) is 18.7. The molecule has 1 fully saturated rings. The molecule has 0 bridgehead atoms. The fraction of sp³-hybridized carbons (Fsp3) is 0.240. The number of para-hydroxylation sites is 1. The predicted octanol–water partition coefficient (Wildman–Crippen LogP) is 4.07. The summed E-state index contributed by atoms with van der Waals surface area (Å²) in [7, 11) is 0. The van der Waals surface area contributed by atoms with Crippen molar-refractivity contribution >= 4 is 33.3 Å². The van der Waals surface area contributed by atoms with Crippen LogP contribution in [-0.4, -0.2) is 46.2 Å². The molecule has 9 heteroatoms. The molecule has 1 aliphatic heterocycles. The number of anilines is 2. The van der Waals surface area contributed by atoms with E-state index in [1.165, 1.54) is 6.39 Å². The van der Waals surface area contributed by atoms with Gasteiger partial charge in [-0.15, -0.1) is 0 Å². The third-order valence-electron chi connectivity index (χ3n) is 6.26. The number of oxazole rings is 1. The van der Waals surface area contributed by atoms with Gasteiger partial charge in [-0.2, -0.15) is 0 Å². The summed E-state index contributed by atoms with van der Waals surface area (Å²) < 4.78 is 10.6. The highest BCUT2D eigenvalue weighted by molar-refractivity contribution is 5.99. The van der Waals surface area contributed by atoms with Crippen molar-refractivity contribution in [3.05, 3.63) is 71.2 Å². The van der Waals surface area contributed by atoms with Crippen LogP contribution in [0.25, 0.3) is 33.3 Å². The number of fused-ring (bicyclic) bond motifs is 2. The summed E-state index contributed by atoms with van der Waals surface area (Å²) in [5.74, 6) is 0.510. The smallest absolute Gasteiger partial charge is 0.261 e. The van der Waals surface area contributed by atoms with Gasteiger partial charge in [-0.3, -0.25) is 4.79 Å². The Bertz CT molecular complexity index is 1520. The molecule has 1 unspecified atom stereocenters. The van der Waals surface area contributed by atoms with E-state index in [9.17, 15) is 4.79 Å². The summed E-state index contributed by atoms with van der Waals surface area (Å²) in [6.07, 6.45) is 3.00. The molecule has 1 saturated heterocycles. The van der Waals surface area contributed by atoms with Crippen molar-refractivity contribution in [1.29, 1.82) is 0 Å². The van der Waals surface area contributed by atoms with Crippen molar-refractivity contribution < 1.29 is 9.15 Å². The first-order valence-electron chi connectivity index (χ1n) is 11.3. The van der Waals surface area contributed by atoms with E-state index in [-0.39, 0.29) is 11.6 Å². The molecule has 0 saturated carbocycles. The van der Waals surface area contributed by atoms with Gasteiger partial charge in [0, 0.05) is 24.2 Å². The Kier molecular flexibility index (Phi) is 5.03. The fourth-order valence-corrected chi connectivity index (χ4v) is 4.48. The molecule has 172 valence electrons. The fourth-order valence-electron chi connectivity index (χ4n) is 4.48. The summed E-state index contributed by atoms with van der Waals surface area (Å²) in [4.78, 5) is 31.0. The summed E-state index contributed by atoms with van der Waals surface area (Å²) in [5, 5.41) is 4.37. The summed E-state index contributed by atoms with van der Waals surface area (Å²) >= 11 is 0. The van der Waals surface area contributed by atoms with Crippen LogP contribution in [0.4, 0.5) is 11.4 Å². The lowest BCUT2D eigenvalue weighted by atomic mass is 10.1. The van der Waals surface area contributed by atoms with Crippen molar-refractivity contribution in [3.8, 4) is 11.4 Å². The normalized spacial score (nSPS) is 15.1. The highest BCUT2D eigenvalue weighted by Crippen LogP contribution is 2.33. The number of hydrogen-bond donors (Lipinski definition) is 3. The number of rotatable bonds is 5. The minimum atomic E-state index is -0.221. The quantitative estimate of drug-likeness (QED) is 0.365. The van der Waals surface area contributed by atoms with E-state index in [1.807, 2.05) is 37.3 Å². The maximum absolute atomic E-state index is 13.3. The third kappa shape index (κ3) is 3.60. The monoisotopic (exact) mass is 456 g/mol. The van der Waals surface area contributed by atoms with Crippen LogP contribution >= 0.6 is 0 Å². The van der Waals surface area contributed by atoms with Gasteiger partial charge < -0.3 is 29.3 Å². The highest BCUT2D eigenvalue weighted by Gasteiger charge is 2.21. The molecule has 6 rings (SSSR count). The number of nitrogens with one attached hydrogen (secondary N) is 3. The van der Waals surface area contributed by atoms with Gasteiger partial charge in [0.1, 0.15) is 23.3 Å². The standard InChI is InChI=1S/C25H24N6O3/c1-15(21-13-34-14-26-21)27-23-17-4-2-3-5-18(17)30-25(32)22(23)24-28-19-7-6-16(12-20(19)29-24)31-8-10-33-11-9-31/h2-7,12-15H,8-11H2,1H3,(H,28,29)(H2,27,30,32). The van der Waals surface area contributed by atoms with E-state index in [0.29, 0.717) is 17.1 Å². The minimum Gasteiger partial charge on any atom is -0.451 e. The number of ether oxygens (including phenoxy) is 1. The van der Waals surface area contributed by atoms with E-state index in [2.05, 4.69) is 37.3 Å². The summed E-state index contributed by atoms with van der Waals surface area (Å²) in [6.45, 7) is 5.12. The van der Waals surface area contributed by atoms with Crippen molar-refractivity contribution in [2.45, 2.75) is 13.0 Å². The van der Waals surface area contributed by atoms with Crippen molar-refractivity contribution in [1.82, 2.24) is 19.9 Å². The zero-order valence-electron chi connectivity index (χ0n) is 18.7. The zero-order chi connectivity index (χ0) is 23.1. The first-order chi connectivity index (χ1) is 16.7.